The van der Waals surface area contributed by atoms with Crippen molar-refractivity contribution in [2.24, 2.45) is 0 Å². The summed E-state index contributed by atoms with van der Waals surface area (Å²) in [4.78, 5) is 0. The Kier molecular flexibility index (Phi) is 5.87. The highest BCUT2D eigenvalue weighted by atomic mass is 28.4. The van der Waals surface area contributed by atoms with Crippen LogP contribution in [-0.4, -0.2) is 14.9 Å². The maximum Gasteiger partial charge on any atom is 0.260 e. The second-order valence-corrected chi connectivity index (χ2v) is 8.45. The molecular formula is C10H22O2Si. The predicted molar refractivity (Wildman–Crippen MR) is 59.0 cm³/mol. The van der Waals surface area contributed by atoms with E-state index in [0.717, 1.165) is 19.4 Å². The van der Waals surface area contributed by atoms with Gasteiger partial charge in [-0.1, -0.05) is 13.3 Å². The summed E-state index contributed by atoms with van der Waals surface area (Å²) in [5.74, 6) is 0.701. The van der Waals surface area contributed by atoms with Gasteiger partial charge in [-0.3, -0.25) is 0 Å². The van der Waals surface area contributed by atoms with E-state index in [1.165, 1.54) is 0 Å². The van der Waals surface area contributed by atoms with Crippen LogP contribution in [0.4, 0.5) is 0 Å². The predicted octanol–water partition coefficient (Wildman–Crippen LogP) is 3.52. The molecule has 0 N–H and O–H groups in total. The molecule has 0 amide bonds. The Balaban J connectivity index is 3.79. The lowest BCUT2D eigenvalue weighted by Crippen LogP contribution is -2.25. The van der Waals surface area contributed by atoms with Crippen molar-refractivity contribution in [1.82, 2.24) is 0 Å². The van der Waals surface area contributed by atoms with Gasteiger partial charge in [0.2, 0.25) is 8.32 Å². The Bertz CT molecular complexity index is 159. The Hall–Kier alpha value is -0.443. The van der Waals surface area contributed by atoms with Crippen LogP contribution in [0.5, 0.6) is 0 Å². The number of rotatable bonds is 6. The summed E-state index contributed by atoms with van der Waals surface area (Å²) in [6.45, 7) is 11.3. The van der Waals surface area contributed by atoms with Crippen LogP contribution in [0.2, 0.25) is 19.6 Å². The molecule has 0 fully saturated rings. The van der Waals surface area contributed by atoms with Gasteiger partial charge < -0.3 is 9.16 Å². The number of hydrogen-bond donors (Lipinski definition) is 0. The maximum atomic E-state index is 5.71. The highest BCUT2D eigenvalue weighted by Crippen LogP contribution is 2.11. The molecule has 0 radical (unpaired) electrons. The summed E-state index contributed by atoms with van der Waals surface area (Å²) in [5.41, 5.74) is 0. The summed E-state index contributed by atoms with van der Waals surface area (Å²) in [6, 6.07) is 0. The van der Waals surface area contributed by atoms with Gasteiger partial charge in [-0.05, 0) is 39.1 Å². The third kappa shape index (κ3) is 7.90. The van der Waals surface area contributed by atoms with E-state index < -0.39 is 8.32 Å². The summed E-state index contributed by atoms with van der Waals surface area (Å²) >= 11 is 0. The molecule has 78 valence electrons. The fraction of sp³-hybridized carbons (Fsp3) is 0.800. The lowest BCUT2D eigenvalue weighted by molar-refractivity contribution is 0.100. The average Bonchev–Trinajstić information content (AvgIpc) is 2.01. The second kappa shape index (κ2) is 6.08. The summed E-state index contributed by atoms with van der Waals surface area (Å²) in [5, 5.41) is 0. The van der Waals surface area contributed by atoms with E-state index in [1.807, 2.05) is 13.0 Å². The van der Waals surface area contributed by atoms with Gasteiger partial charge >= 0.3 is 0 Å². The van der Waals surface area contributed by atoms with Gasteiger partial charge in [0.15, 0.2) is 0 Å². The third-order valence-corrected chi connectivity index (χ3v) is 2.20. The molecule has 0 aliphatic rings. The summed E-state index contributed by atoms with van der Waals surface area (Å²) in [7, 11) is -1.49. The van der Waals surface area contributed by atoms with Gasteiger partial charge in [0.1, 0.15) is 0 Å². The van der Waals surface area contributed by atoms with Crippen molar-refractivity contribution in [2.45, 2.75) is 46.3 Å². The molecule has 0 aromatic rings. The van der Waals surface area contributed by atoms with E-state index >= 15 is 0 Å². The number of ether oxygens (including phenoxy) is 1. The van der Waals surface area contributed by atoms with Crippen LogP contribution in [0, 0.1) is 0 Å². The highest BCUT2D eigenvalue weighted by molar-refractivity contribution is 6.69. The molecule has 0 aromatic heterocycles. The molecule has 0 atom stereocenters. The Morgan fingerprint density at radius 1 is 1.31 bits per heavy atom. The first-order valence-electron chi connectivity index (χ1n) is 4.97. The molecular weight excluding hydrogens is 180 g/mol. The maximum absolute atomic E-state index is 5.71. The van der Waals surface area contributed by atoms with E-state index in [1.54, 1.807) is 0 Å². The highest BCUT2D eigenvalue weighted by Gasteiger charge is 2.17. The molecule has 0 aliphatic heterocycles. The average molecular weight is 202 g/mol. The first kappa shape index (κ1) is 12.6. The summed E-state index contributed by atoms with van der Waals surface area (Å²) < 4.78 is 11.2. The molecule has 0 bridgehead atoms. The summed E-state index contributed by atoms with van der Waals surface area (Å²) in [6.07, 6.45) is 4.14. The number of allylic oxidation sites excluding steroid dienone is 1. The van der Waals surface area contributed by atoms with E-state index in [2.05, 4.69) is 26.6 Å². The fourth-order valence-electron chi connectivity index (χ4n) is 0.791. The van der Waals surface area contributed by atoms with Gasteiger partial charge in [-0.25, -0.2) is 0 Å². The largest absolute Gasteiger partial charge is 0.520 e. The molecule has 13 heavy (non-hydrogen) atoms. The normalized spacial score (nSPS) is 12.8. The Morgan fingerprint density at radius 3 is 2.31 bits per heavy atom. The lowest BCUT2D eigenvalue weighted by Gasteiger charge is -2.21. The molecule has 0 spiro atoms. The first-order chi connectivity index (χ1) is 5.99. The first-order valence-corrected chi connectivity index (χ1v) is 8.38. The number of hydrogen-bond acceptors (Lipinski definition) is 2. The zero-order valence-electron chi connectivity index (χ0n) is 9.52. The molecule has 2 nitrogen and oxygen atoms in total. The van der Waals surface area contributed by atoms with Gasteiger partial charge in [-0.2, -0.15) is 0 Å². The van der Waals surface area contributed by atoms with Crippen LogP contribution >= 0.6 is 0 Å². The van der Waals surface area contributed by atoms with Gasteiger partial charge in [0.25, 0.3) is 5.95 Å². The van der Waals surface area contributed by atoms with Crippen LogP contribution in [-0.2, 0) is 9.16 Å². The molecule has 0 saturated heterocycles. The molecule has 0 rings (SSSR count). The second-order valence-electron chi connectivity index (χ2n) is 4.02. The smallest absolute Gasteiger partial charge is 0.260 e. The third-order valence-electron chi connectivity index (χ3n) is 1.38. The van der Waals surface area contributed by atoms with Crippen molar-refractivity contribution in [2.75, 3.05) is 6.61 Å². The molecule has 0 saturated carbocycles. The van der Waals surface area contributed by atoms with Crippen LogP contribution in [0.15, 0.2) is 12.0 Å². The SMILES string of the molecule is CC=C(OCCCC)O[Si](C)(C)C. The van der Waals surface area contributed by atoms with E-state index in [4.69, 9.17) is 9.16 Å². The molecule has 3 heteroatoms. The van der Waals surface area contributed by atoms with Gasteiger partial charge in [-0.15, -0.1) is 0 Å². The minimum atomic E-state index is -1.49. The van der Waals surface area contributed by atoms with Crippen molar-refractivity contribution in [1.29, 1.82) is 0 Å². The monoisotopic (exact) mass is 202 g/mol. The topological polar surface area (TPSA) is 18.5 Å². The minimum absolute atomic E-state index is 0.701. The quantitative estimate of drug-likeness (QED) is 0.373. The molecule has 0 aliphatic carbocycles. The molecule has 0 heterocycles. The Labute approximate surface area is 83.1 Å². The van der Waals surface area contributed by atoms with Crippen LogP contribution < -0.4 is 0 Å². The number of unbranched alkanes of at least 4 members (excludes halogenated alkanes) is 1. The Morgan fingerprint density at radius 2 is 1.92 bits per heavy atom. The zero-order valence-corrected chi connectivity index (χ0v) is 10.5. The van der Waals surface area contributed by atoms with Crippen molar-refractivity contribution < 1.29 is 9.16 Å². The van der Waals surface area contributed by atoms with E-state index in [0.29, 0.717) is 5.95 Å². The van der Waals surface area contributed by atoms with E-state index in [-0.39, 0.29) is 0 Å². The van der Waals surface area contributed by atoms with Gasteiger partial charge in [0, 0.05) is 0 Å². The zero-order chi connectivity index (χ0) is 10.3. The van der Waals surface area contributed by atoms with Crippen LogP contribution in [0.3, 0.4) is 0 Å². The fourth-order valence-corrected chi connectivity index (χ4v) is 1.57. The lowest BCUT2D eigenvalue weighted by atomic mass is 10.4. The van der Waals surface area contributed by atoms with Gasteiger partial charge in [0.05, 0.1) is 6.61 Å². The molecule has 0 aromatic carbocycles. The van der Waals surface area contributed by atoms with Crippen molar-refractivity contribution in [3.63, 3.8) is 0 Å². The van der Waals surface area contributed by atoms with Crippen LogP contribution in [0.1, 0.15) is 26.7 Å². The van der Waals surface area contributed by atoms with Crippen molar-refractivity contribution >= 4 is 8.32 Å². The minimum Gasteiger partial charge on any atom is -0.520 e. The standard InChI is InChI=1S/C10H22O2Si/c1-6-8-9-11-10(7-2)12-13(3,4)5/h7H,6,8-9H2,1-5H3. The van der Waals surface area contributed by atoms with E-state index in [9.17, 15) is 0 Å². The van der Waals surface area contributed by atoms with Crippen molar-refractivity contribution in [3.05, 3.63) is 12.0 Å². The molecule has 0 unspecified atom stereocenters. The van der Waals surface area contributed by atoms with Crippen LogP contribution in [0.25, 0.3) is 0 Å². The van der Waals surface area contributed by atoms with Crippen molar-refractivity contribution in [3.8, 4) is 0 Å².